The summed E-state index contributed by atoms with van der Waals surface area (Å²) >= 11 is 11.5. The van der Waals surface area contributed by atoms with Crippen molar-refractivity contribution in [3.05, 3.63) is 0 Å². The van der Waals surface area contributed by atoms with E-state index < -0.39 is 0 Å². The number of hydrogen-bond donors (Lipinski definition) is 1. The molecule has 3 nitrogen and oxygen atoms in total. The van der Waals surface area contributed by atoms with E-state index in [1.165, 1.54) is 0 Å². The molecule has 0 bridgehead atoms. The van der Waals surface area contributed by atoms with Crippen molar-refractivity contribution < 1.29 is 14.6 Å². The van der Waals surface area contributed by atoms with Gasteiger partial charge < -0.3 is 14.6 Å². The van der Waals surface area contributed by atoms with Crippen molar-refractivity contribution in [2.75, 3.05) is 26.4 Å². The molecule has 0 spiro atoms. The summed E-state index contributed by atoms with van der Waals surface area (Å²) in [5, 5.41) is 9.25. The molecule has 0 radical (unpaired) electrons. The van der Waals surface area contributed by atoms with Crippen LogP contribution in [0.5, 0.6) is 0 Å². The van der Waals surface area contributed by atoms with Crippen LogP contribution in [0.2, 0.25) is 0 Å². The number of halogens is 2. The number of rotatable bonds is 10. The van der Waals surface area contributed by atoms with Gasteiger partial charge in [-0.15, -0.1) is 23.2 Å². The van der Waals surface area contributed by atoms with Crippen LogP contribution >= 0.6 is 23.2 Å². The lowest BCUT2D eigenvalue weighted by Crippen LogP contribution is -2.25. The van der Waals surface area contributed by atoms with Gasteiger partial charge in [0.15, 0.2) is 0 Å². The fourth-order valence-corrected chi connectivity index (χ4v) is 1.19. The third-order valence-corrected chi connectivity index (χ3v) is 2.47. The summed E-state index contributed by atoms with van der Waals surface area (Å²) in [5.41, 5.74) is 0. The molecule has 0 saturated carbocycles. The second kappa shape index (κ2) is 10.6. The largest absolute Gasteiger partial charge is 0.394 e. The lowest BCUT2D eigenvalue weighted by Gasteiger charge is -2.16. The normalized spacial score (nSPS) is 17.1. The predicted octanol–water partition coefficient (Wildman–Crippen LogP) is 2.42. The van der Waals surface area contributed by atoms with Gasteiger partial charge in [0.2, 0.25) is 0 Å². The minimum absolute atomic E-state index is 0.0346. The summed E-state index contributed by atoms with van der Waals surface area (Å²) in [6.45, 7) is 5.34. The predicted molar refractivity (Wildman–Crippen MR) is 67.5 cm³/mol. The first-order valence-corrected chi connectivity index (χ1v) is 6.51. The first-order chi connectivity index (χ1) is 7.56. The Hall–Kier alpha value is 0.460. The van der Waals surface area contributed by atoms with Crippen LogP contribution in [0.25, 0.3) is 0 Å². The molecule has 5 heteroatoms. The van der Waals surface area contributed by atoms with Gasteiger partial charge in [-0.3, -0.25) is 0 Å². The summed E-state index contributed by atoms with van der Waals surface area (Å²) in [6.07, 6.45) is 1.32. The molecule has 3 atom stereocenters. The maximum absolute atomic E-state index is 9.04. The molecule has 0 fully saturated rings. The molecule has 0 amide bonds. The van der Waals surface area contributed by atoms with Crippen LogP contribution in [-0.4, -0.2) is 48.4 Å². The molecule has 0 aromatic heterocycles. The smallest absolute Gasteiger partial charge is 0.104 e. The highest BCUT2D eigenvalue weighted by Gasteiger charge is 2.08. The van der Waals surface area contributed by atoms with Crippen LogP contribution in [0.4, 0.5) is 0 Å². The highest BCUT2D eigenvalue weighted by atomic mass is 35.5. The van der Waals surface area contributed by atoms with E-state index in [1.807, 2.05) is 13.8 Å². The quantitative estimate of drug-likeness (QED) is 0.490. The number of aliphatic hydroxyl groups is 1. The molecule has 3 unspecified atom stereocenters. The van der Waals surface area contributed by atoms with E-state index in [9.17, 15) is 0 Å². The van der Waals surface area contributed by atoms with Crippen molar-refractivity contribution in [1.29, 1.82) is 0 Å². The van der Waals surface area contributed by atoms with E-state index in [-0.39, 0.29) is 23.5 Å². The molecule has 16 heavy (non-hydrogen) atoms. The van der Waals surface area contributed by atoms with E-state index in [1.54, 1.807) is 0 Å². The summed E-state index contributed by atoms with van der Waals surface area (Å²) in [5.74, 6) is 0. The van der Waals surface area contributed by atoms with Gasteiger partial charge in [0, 0.05) is 24.0 Å². The number of hydrogen-bond acceptors (Lipinski definition) is 3. The number of aliphatic hydroxyl groups excluding tert-OH is 1. The van der Waals surface area contributed by atoms with Crippen molar-refractivity contribution in [3.8, 4) is 0 Å². The van der Waals surface area contributed by atoms with Crippen molar-refractivity contribution in [3.63, 3.8) is 0 Å². The Morgan fingerprint density at radius 3 is 2.12 bits per heavy atom. The van der Waals surface area contributed by atoms with Crippen molar-refractivity contribution in [2.45, 2.75) is 43.5 Å². The van der Waals surface area contributed by atoms with E-state index in [4.69, 9.17) is 37.8 Å². The third-order valence-electron chi connectivity index (χ3n) is 2.04. The second-order valence-electron chi connectivity index (χ2n) is 3.89. The summed E-state index contributed by atoms with van der Waals surface area (Å²) in [6, 6.07) is 0. The first-order valence-electron chi connectivity index (χ1n) is 5.64. The zero-order valence-corrected chi connectivity index (χ0v) is 11.5. The molecule has 0 aliphatic rings. The Bertz CT molecular complexity index is 154. The fraction of sp³-hybridized carbons (Fsp3) is 1.00. The molecule has 1 N–H and O–H groups in total. The minimum Gasteiger partial charge on any atom is -0.394 e. The summed E-state index contributed by atoms with van der Waals surface area (Å²) in [7, 11) is 0. The van der Waals surface area contributed by atoms with Gasteiger partial charge in [0.1, 0.15) is 6.10 Å². The molecule has 0 aliphatic heterocycles. The average molecular weight is 273 g/mol. The molecule has 0 aromatic rings. The van der Waals surface area contributed by atoms with E-state index in [0.29, 0.717) is 19.8 Å². The Kier molecular flexibility index (Phi) is 10.9. The van der Waals surface area contributed by atoms with Gasteiger partial charge in [-0.05, 0) is 26.7 Å². The van der Waals surface area contributed by atoms with Crippen LogP contribution < -0.4 is 0 Å². The standard InChI is InChI=1S/C11H22Cl2O3/c1-9(12)3-5-15-8-11(7-14)16-6-4-10(2)13/h9-11,14H,3-8H2,1-2H3. The third kappa shape index (κ3) is 11.0. The minimum atomic E-state index is -0.263. The maximum atomic E-state index is 9.04. The van der Waals surface area contributed by atoms with E-state index >= 15 is 0 Å². The fourth-order valence-electron chi connectivity index (χ4n) is 1.01. The van der Waals surface area contributed by atoms with Crippen LogP contribution in [0.15, 0.2) is 0 Å². The molecule has 0 aliphatic carbocycles. The topological polar surface area (TPSA) is 38.7 Å². The Labute approximate surface area is 108 Å². The number of alkyl halides is 2. The average Bonchev–Trinajstić information content (AvgIpc) is 2.20. The molecule has 98 valence electrons. The van der Waals surface area contributed by atoms with Crippen LogP contribution in [0, 0.1) is 0 Å². The van der Waals surface area contributed by atoms with Crippen LogP contribution in [0.3, 0.4) is 0 Å². The van der Waals surface area contributed by atoms with Crippen LogP contribution in [-0.2, 0) is 9.47 Å². The zero-order valence-electron chi connectivity index (χ0n) is 9.99. The molecule has 0 aromatic carbocycles. The maximum Gasteiger partial charge on any atom is 0.104 e. The Morgan fingerprint density at radius 1 is 1.06 bits per heavy atom. The van der Waals surface area contributed by atoms with Gasteiger partial charge in [0.25, 0.3) is 0 Å². The van der Waals surface area contributed by atoms with Crippen molar-refractivity contribution in [2.24, 2.45) is 0 Å². The summed E-state index contributed by atoms with van der Waals surface area (Å²) in [4.78, 5) is 0. The SMILES string of the molecule is CC(Cl)CCOCC(CO)OCCC(C)Cl. The van der Waals surface area contributed by atoms with Gasteiger partial charge in [-0.25, -0.2) is 0 Å². The molecular formula is C11H22Cl2O3. The van der Waals surface area contributed by atoms with Gasteiger partial charge in [0.05, 0.1) is 13.2 Å². The molecular weight excluding hydrogens is 251 g/mol. The first kappa shape index (κ1) is 16.5. The van der Waals surface area contributed by atoms with Gasteiger partial charge in [-0.1, -0.05) is 0 Å². The van der Waals surface area contributed by atoms with E-state index in [2.05, 4.69) is 0 Å². The van der Waals surface area contributed by atoms with Gasteiger partial charge in [-0.2, -0.15) is 0 Å². The highest BCUT2D eigenvalue weighted by molar-refractivity contribution is 6.20. The second-order valence-corrected chi connectivity index (χ2v) is 5.38. The Morgan fingerprint density at radius 2 is 1.62 bits per heavy atom. The molecule has 0 heterocycles. The van der Waals surface area contributed by atoms with Gasteiger partial charge >= 0.3 is 0 Å². The monoisotopic (exact) mass is 272 g/mol. The lowest BCUT2D eigenvalue weighted by molar-refractivity contribution is -0.0430. The Balaban J connectivity index is 3.44. The zero-order chi connectivity index (χ0) is 12.4. The molecule has 0 saturated heterocycles. The van der Waals surface area contributed by atoms with Crippen molar-refractivity contribution >= 4 is 23.2 Å². The van der Waals surface area contributed by atoms with Crippen molar-refractivity contribution in [1.82, 2.24) is 0 Å². The molecule has 0 rings (SSSR count). The number of ether oxygens (including phenoxy) is 2. The van der Waals surface area contributed by atoms with E-state index in [0.717, 1.165) is 12.8 Å². The lowest BCUT2D eigenvalue weighted by atomic mass is 10.3. The highest BCUT2D eigenvalue weighted by Crippen LogP contribution is 2.03. The summed E-state index contributed by atoms with van der Waals surface area (Å²) < 4.78 is 10.8. The van der Waals surface area contributed by atoms with Crippen LogP contribution in [0.1, 0.15) is 26.7 Å².